The summed E-state index contributed by atoms with van der Waals surface area (Å²) in [6.07, 6.45) is 3.21. The molecule has 0 aliphatic carbocycles. The first kappa shape index (κ1) is 14.8. The van der Waals surface area contributed by atoms with Crippen LogP contribution in [0.15, 0.2) is 12.5 Å². The predicted molar refractivity (Wildman–Crippen MR) is 62.7 cm³/mol. The molecule has 2 aromatic rings. The fourth-order valence-corrected chi connectivity index (χ4v) is 1.46. The van der Waals surface area contributed by atoms with Crippen molar-refractivity contribution in [2.45, 2.75) is 12.8 Å². The standard InChI is InChI=1S/C11H9F4N5O/c12-7-9(8(13)11(15)18-10(7)14)20-19-6(21)2-1-5-3-16-4-17-5/h3-4H,1-2H2,(H,16,17)(H,18,20)(H,19,21). The lowest BCUT2D eigenvalue weighted by Gasteiger charge is -2.10. The molecule has 0 aliphatic heterocycles. The third-order valence-corrected chi connectivity index (χ3v) is 2.50. The third-order valence-electron chi connectivity index (χ3n) is 2.50. The topological polar surface area (TPSA) is 82.7 Å². The van der Waals surface area contributed by atoms with E-state index in [1.165, 1.54) is 12.5 Å². The molecule has 0 radical (unpaired) electrons. The van der Waals surface area contributed by atoms with E-state index in [0.29, 0.717) is 12.1 Å². The molecular weight excluding hydrogens is 294 g/mol. The summed E-state index contributed by atoms with van der Waals surface area (Å²) in [5.74, 6) is -7.74. The Kier molecular flexibility index (Phi) is 4.36. The van der Waals surface area contributed by atoms with Gasteiger partial charge in [0, 0.05) is 18.3 Å². The number of hydrogen-bond donors (Lipinski definition) is 3. The molecule has 0 aromatic carbocycles. The monoisotopic (exact) mass is 303 g/mol. The van der Waals surface area contributed by atoms with Gasteiger partial charge in [0.1, 0.15) is 5.69 Å². The molecule has 0 saturated heterocycles. The Morgan fingerprint density at radius 3 is 2.43 bits per heavy atom. The number of anilines is 1. The molecule has 0 spiro atoms. The van der Waals surface area contributed by atoms with Crippen LogP contribution < -0.4 is 10.9 Å². The van der Waals surface area contributed by atoms with Crippen molar-refractivity contribution in [3.63, 3.8) is 0 Å². The molecule has 21 heavy (non-hydrogen) atoms. The van der Waals surface area contributed by atoms with Crippen molar-refractivity contribution in [2.75, 3.05) is 5.43 Å². The molecule has 10 heteroatoms. The highest BCUT2D eigenvalue weighted by Crippen LogP contribution is 2.21. The van der Waals surface area contributed by atoms with E-state index in [4.69, 9.17) is 0 Å². The summed E-state index contributed by atoms with van der Waals surface area (Å²) in [5.41, 5.74) is 3.26. The van der Waals surface area contributed by atoms with Crippen LogP contribution in [0.5, 0.6) is 0 Å². The van der Waals surface area contributed by atoms with Crippen molar-refractivity contribution >= 4 is 11.6 Å². The highest BCUT2D eigenvalue weighted by Gasteiger charge is 2.21. The first-order valence-electron chi connectivity index (χ1n) is 5.71. The maximum Gasteiger partial charge on any atom is 0.254 e. The molecule has 1 amide bonds. The number of rotatable bonds is 5. The summed E-state index contributed by atoms with van der Waals surface area (Å²) in [6, 6.07) is 0. The van der Waals surface area contributed by atoms with Gasteiger partial charge in [0.2, 0.25) is 17.5 Å². The molecule has 0 unspecified atom stereocenters. The van der Waals surface area contributed by atoms with Gasteiger partial charge in [-0.1, -0.05) is 0 Å². The van der Waals surface area contributed by atoms with Crippen LogP contribution in [0, 0.1) is 23.5 Å². The van der Waals surface area contributed by atoms with E-state index in [-0.39, 0.29) is 6.42 Å². The van der Waals surface area contributed by atoms with Gasteiger partial charge < -0.3 is 4.98 Å². The number of hydrazine groups is 1. The second-order valence-electron chi connectivity index (χ2n) is 3.95. The number of aromatic nitrogens is 3. The van der Waals surface area contributed by atoms with E-state index in [1.54, 1.807) is 5.43 Å². The number of aromatic amines is 1. The molecule has 0 fully saturated rings. The minimum atomic E-state index is -1.82. The van der Waals surface area contributed by atoms with Gasteiger partial charge >= 0.3 is 0 Å². The predicted octanol–water partition coefficient (Wildman–Crippen LogP) is 1.44. The van der Waals surface area contributed by atoms with Crippen molar-refractivity contribution in [1.82, 2.24) is 20.4 Å². The number of hydrogen-bond acceptors (Lipinski definition) is 4. The van der Waals surface area contributed by atoms with Gasteiger partial charge in [-0.15, -0.1) is 0 Å². The van der Waals surface area contributed by atoms with Crippen LogP contribution in [0.4, 0.5) is 23.2 Å². The molecule has 6 nitrogen and oxygen atoms in total. The van der Waals surface area contributed by atoms with E-state index in [1.807, 2.05) is 5.43 Å². The zero-order chi connectivity index (χ0) is 15.4. The second-order valence-corrected chi connectivity index (χ2v) is 3.95. The SMILES string of the molecule is O=C(CCc1cnc[nH]1)NNc1c(F)c(F)nc(F)c1F. The maximum atomic E-state index is 13.2. The number of H-pyrrole nitrogens is 1. The molecule has 2 rings (SSSR count). The molecule has 0 atom stereocenters. The Morgan fingerprint density at radius 2 is 1.86 bits per heavy atom. The van der Waals surface area contributed by atoms with Gasteiger partial charge in [0.15, 0.2) is 0 Å². The zero-order valence-corrected chi connectivity index (χ0v) is 10.4. The van der Waals surface area contributed by atoms with Crippen molar-refractivity contribution in [3.05, 3.63) is 41.7 Å². The summed E-state index contributed by atoms with van der Waals surface area (Å²) in [4.78, 5) is 20.3. The number of aryl methyl sites for hydroxylation is 1. The smallest absolute Gasteiger partial charge is 0.254 e. The van der Waals surface area contributed by atoms with Crippen molar-refractivity contribution in [2.24, 2.45) is 0 Å². The van der Waals surface area contributed by atoms with Crippen LogP contribution in [-0.4, -0.2) is 20.9 Å². The fourth-order valence-electron chi connectivity index (χ4n) is 1.46. The largest absolute Gasteiger partial charge is 0.348 e. The van der Waals surface area contributed by atoms with Crippen LogP contribution in [0.3, 0.4) is 0 Å². The first-order chi connectivity index (χ1) is 9.99. The summed E-state index contributed by atoms with van der Waals surface area (Å²) in [5, 5.41) is 0. The number of nitrogens with one attached hydrogen (secondary N) is 3. The van der Waals surface area contributed by atoms with Gasteiger partial charge in [-0.2, -0.15) is 22.5 Å². The number of carbonyl (C=O) groups is 1. The second kappa shape index (κ2) is 6.20. The summed E-state index contributed by atoms with van der Waals surface area (Å²) >= 11 is 0. The highest BCUT2D eigenvalue weighted by molar-refractivity contribution is 5.77. The van der Waals surface area contributed by atoms with Gasteiger partial charge in [0.25, 0.3) is 11.9 Å². The normalized spacial score (nSPS) is 10.5. The van der Waals surface area contributed by atoms with E-state index < -0.39 is 35.1 Å². The zero-order valence-electron chi connectivity index (χ0n) is 10.4. The minimum absolute atomic E-state index is 0.0333. The fraction of sp³-hybridized carbons (Fsp3) is 0.182. The van der Waals surface area contributed by atoms with Crippen LogP contribution in [-0.2, 0) is 11.2 Å². The van der Waals surface area contributed by atoms with Gasteiger partial charge in [-0.05, 0) is 6.42 Å². The average Bonchev–Trinajstić information content (AvgIpc) is 2.96. The van der Waals surface area contributed by atoms with Crippen LogP contribution in [0.2, 0.25) is 0 Å². The number of nitrogens with zero attached hydrogens (tertiary/aromatic N) is 2. The summed E-state index contributed by atoms with van der Waals surface area (Å²) in [7, 11) is 0. The van der Waals surface area contributed by atoms with Crippen molar-refractivity contribution in [3.8, 4) is 0 Å². The highest BCUT2D eigenvalue weighted by atomic mass is 19.2. The Hall–Kier alpha value is -2.65. The van der Waals surface area contributed by atoms with E-state index in [9.17, 15) is 22.4 Å². The number of imidazole rings is 1. The van der Waals surface area contributed by atoms with Crippen LogP contribution >= 0.6 is 0 Å². The quantitative estimate of drug-likeness (QED) is 0.443. The van der Waals surface area contributed by atoms with Crippen molar-refractivity contribution < 1.29 is 22.4 Å². The first-order valence-corrected chi connectivity index (χ1v) is 5.71. The molecule has 0 aliphatic rings. The Labute approximate surface area is 115 Å². The molecule has 0 saturated carbocycles. The van der Waals surface area contributed by atoms with Gasteiger partial charge in [-0.3, -0.25) is 15.6 Å². The summed E-state index contributed by atoms with van der Waals surface area (Å²) in [6.45, 7) is 0. The van der Waals surface area contributed by atoms with E-state index in [0.717, 1.165) is 0 Å². The van der Waals surface area contributed by atoms with Gasteiger partial charge in [0.05, 0.1) is 6.33 Å². The number of pyridine rings is 1. The number of amides is 1. The average molecular weight is 303 g/mol. The van der Waals surface area contributed by atoms with Crippen LogP contribution in [0.1, 0.15) is 12.1 Å². The number of halogens is 4. The molecule has 112 valence electrons. The lowest BCUT2D eigenvalue weighted by atomic mass is 10.2. The molecule has 0 bridgehead atoms. The van der Waals surface area contributed by atoms with Gasteiger partial charge in [-0.25, -0.2) is 4.98 Å². The molecular formula is C11H9F4N5O. The molecule has 2 heterocycles. The Balaban J connectivity index is 1.95. The molecule has 3 N–H and O–H groups in total. The molecule has 2 aromatic heterocycles. The lowest BCUT2D eigenvalue weighted by molar-refractivity contribution is -0.120. The van der Waals surface area contributed by atoms with E-state index >= 15 is 0 Å². The third kappa shape index (κ3) is 3.46. The lowest BCUT2D eigenvalue weighted by Crippen LogP contribution is -2.31. The minimum Gasteiger partial charge on any atom is -0.348 e. The maximum absolute atomic E-state index is 13.2. The summed E-state index contributed by atoms with van der Waals surface area (Å²) < 4.78 is 52.1. The Morgan fingerprint density at radius 1 is 1.19 bits per heavy atom. The Bertz CT molecular complexity index is 620. The van der Waals surface area contributed by atoms with Crippen LogP contribution in [0.25, 0.3) is 0 Å². The number of carbonyl (C=O) groups excluding carboxylic acids is 1. The van der Waals surface area contributed by atoms with Crippen molar-refractivity contribution in [1.29, 1.82) is 0 Å². The van der Waals surface area contributed by atoms with E-state index in [2.05, 4.69) is 15.0 Å².